The molecule has 1 aliphatic heterocycles. The van der Waals surface area contributed by atoms with E-state index >= 15 is 0 Å². The molecule has 9 nitrogen and oxygen atoms in total. The molecule has 2 heterocycles. The Hall–Kier alpha value is -3.86. The molecule has 1 aliphatic rings. The number of carbonyl (C=O) groups is 2. The molecule has 11 heteroatoms. The lowest BCUT2D eigenvalue weighted by molar-refractivity contribution is 0.157. The van der Waals surface area contributed by atoms with E-state index in [9.17, 15) is 14.0 Å². The zero-order valence-corrected chi connectivity index (χ0v) is 19.4. The minimum Gasteiger partial charge on any atom is -0.497 e. The number of rotatable bonds is 8. The van der Waals surface area contributed by atoms with E-state index in [1.165, 1.54) is 42.6 Å². The summed E-state index contributed by atoms with van der Waals surface area (Å²) in [5.74, 6) is 0.582. The van der Waals surface area contributed by atoms with E-state index in [0.29, 0.717) is 46.7 Å². The molecule has 2 aromatic carbocycles. The number of nitrogens with one attached hydrogen (secondary N) is 1. The van der Waals surface area contributed by atoms with Gasteiger partial charge in [-0.15, -0.1) is 11.3 Å². The molecule has 0 saturated carbocycles. The second-order valence-electron chi connectivity index (χ2n) is 7.32. The van der Waals surface area contributed by atoms with E-state index in [1.807, 2.05) is 0 Å². The van der Waals surface area contributed by atoms with Gasteiger partial charge in [-0.2, -0.15) is 0 Å². The Labute approximate surface area is 201 Å². The molecule has 0 aliphatic carbocycles. The number of hydrogen-bond donors (Lipinski definition) is 1. The van der Waals surface area contributed by atoms with Crippen molar-refractivity contribution in [1.29, 1.82) is 0 Å². The molecule has 4 rings (SSSR count). The minimum atomic E-state index is -0.478. The number of carbonyl (C=O) groups excluding carboxylic acids is 2. The quantitative estimate of drug-likeness (QED) is 0.500. The first-order chi connectivity index (χ1) is 16.5. The Morgan fingerprint density at radius 2 is 2.15 bits per heavy atom. The fraction of sp³-hybridized carbons (Fsp3) is 0.261. The zero-order chi connectivity index (χ0) is 24.1. The van der Waals surface area contributed by atoms with Crippen LogP contribution >= 0.6 is 11.3 Å². The van der Waals surface area contributed by atoms with Gasteiger partial charge < -0.3 is 19.5 Å². The number of amides is 3. The molecule has 1 N–H and O–H groups in total. The first-order valence-corrected chi connectivity index (χ1v) is 11.3. The summed E-state index contributed by atoms with van der Waals surface area (Å²) >= 11 is 1.25. The Bertz CT molecular complexity index is 1190. The molecule has 1 aromatic heterocycles. The van der Waals surface area contributed by atoms with Crippen molar-refractivity contribution in [2.24, 2.45) is 0 Å². The van der Waals surface area contributed by atoms with E-state index in [-0.39, 0.29) is 20.3 Å². The molecule has 0 spiro atoms. The lowest BCUT2D eigenvalue weighted by Gasteiger charge is -2.23. The number of cyclic esters (lactones) is 1. The molecule has 0 radical (unpaired) electrons. The Balaban J connectivity index is 0.00000342. The largest absolute Gasteiger partial charge is 0.497 e. The zero-order valence-electron chi connectivity index (χ0n) is 18.6. The fourth-order valence-corrected chi connectivity index (χ4v) is 4.23. The number of hydrogen-bond acceptors (Lipinski definition) is 7. The van der Waals surface area contributed by atoms with Crippen LogP contribution in [0.4, 0.5) is 24.8 Å². The molecule has 3 aromatic rings. The van der Waals surface area contributed by atoms with Crippen LogP contribution in [0.15, 0.2) is 47.8 Å². The smallest absolute Gasteiger partial charge is 0.410 e. The third-order valence-electron chi connectivity index (χ3n) is 5.09. The van der Waals surface area contributed by atoms with Crippen molar-refractivity contribution in [3.8, 4) is 11.5 Å². The van der Waals surface area contributed by atoms with Crippen LogP contribution in [0.1, 0.15) is 12.7 Å². The van der Waals surface area contributed by atoms with Crippen molar-refractivity contribution in [3.05, 3.63) is 64.9 Å². The first-order valence-electron chi connectivity index (χ1n) is 10.4. The number of thiazole rings is 1. The topological polar surface area (TPSA) is 93.2 Å². The average Bonchev–Trinajstić information content (AvgIpc) is 3.47. The van der Waals surface area contributed by atoms with Gasteiger partial charge in [-0.25, -0.2) is 23.9 Å². The number of methoxy groups -OCH3 is 2. The second kappa shape index (κ2) is 10.4. The van der Waals surface area contributed by atoms with E-state index in [1.54, 1.807) is 40.6 Å². The standard InChI is InChI=1S/C23H23FN4O5S.H2/c1-31-18-6-7-19(20(11-18)32-2)28(21(29)25-12-15-4-3-5-16(24)10-15)22-26-17(14-34-22)13-27-8-9-33-23(27)30;/h3-7,10-11,14H,8-9,12-13H2,1-2H3,(H,25,29);1H. The van der Waals surface area contributed by atoms with Crippen LogP contribution in [0.25, 0.3) is 0 Å². The average molecular weight is 489 g/mol. The lowest BCUT2D eigenvalue weighted by atomic mass is 10.2. The monoisotopic (exact) mass is 488 g/mol. The highest BCUT2D eigenvalue weighted by Crippen LogP contribution is 2.38. The van der Waals surface area contributed by atoms with E-state index in [4.69, 9.17) is 14.2 Å². The van der Waals surface area contributed by atoms with Crippen LogP contribution < -0.4 is 19.7 Å². The van der Waals surface area contributed by atoms with Crippen molar-refractivity contribution < 1.29 is 29.6 Å². The summed E-state index contributed by atoms with van der Waals surface area (Å²) in [7, 11) is 3.03. The van der Waals surface area contributed by atoms with Gasteiger partial charge in [-0.1, -0.05) is 12.1 Å². The van der Waals surface area contributed by atoms with Crippen molar-refractivity contribution in [2.75, 3.05) is 32.3 Å². The number of ether oxygens (including phenoxy) is 3. The van der Waals surface area contributed by atoms with Crippen LogP contribution in [0.2, 0.25) is 0 Å². The highest BCUT2D eigenvalue weighted by molar-refractivity contribution is 7.14. The highest BCUT2D eigenvalue weighted by atomic mass is 32.1. The van der Waals surface area contributed by atoms with Crippen LogP contribution in [0.5, 0.6) is 11.5 Å². The molecule has 0 bridgehead atoms. The number of nitrogens with zero attached hydrogens (tertiary/aromatic N) is 3. The normalized spacial score (nSPS) is 12.9. The number of urea groups is 1. The summed E-state index contributed by atoms with van der Waals surface area (Å²) in [5, 5.41) is 4.97. The molecule has 180 valence electrons. The highest BCUT2D eigenvalue weighted by Gasteiger charge is 2.27. The summed E-state index contributed by atoms with van der Waals surface area (Å²) in [6.45, 7) is 1.21. The van der Waals surface area contributed by atoms with Gasteiger partial charge in [-0.05, 0) is 29.8 Å². The lowest BCUT2D eigenvalue weighted by Crippen LogP contribution is -2.36. The van der Waals surface area contributed by atoms with Gasteiger partial charge in [0.25, 0.3) is 0 Å². The Kier molecular flexibility index (Phi) is 7.12. The predicted molar refractivity (Wildman–Crippen MR) is 126 cm³/mol. The molecule has 1 fully saturated rings. The number of benzene rings is 2. The summed E-state index contributed by atoms with van der Waals surface area (Å²) in [6, 6.07) is 10.6. The van der Waals surface area contributed by atoms with E-state index in [0.717, 1.165) is 0 Å². The van der Waals surface area contributed by atoms with Crippen molar-refractivity contribution in [1.82, 2.24) is 15.2 Å². The summed E-state index contributed by atoms with van der Waals surface area (Å²) in [6.07, 6.45) is -0.393. The number of anilines is 2. The molecule has 0 atom stereocenters. The first kappa shape index (κ1) is 23.3. The SMILES string of the molecule is COc1ccc(N(C(=O)NCc2cccc(F)c2)c2nc(CN3CCOC3=O)cs2)c(OC)c1.[HH]. The van der Waals surface area contributed by atoms with Crippen molar-refractivity contribution in [3.63, 3.8) is 0 Å². The third-order valence-corrected chi connectivity index (χ3v) is 5.97. The van der Waals surface area contributed by atoms with Crippen LogP contribution in [0.3, 0.4) is 0 Å². The summed E-state index contributed by atoms with van der Waals surface area (Å²) < 4.78 is 29.3. The van der Waals surface area contributed by atoms with Crippen LogP contribution in [0, 0.1) is 5.82 Å². The van der Waals surface area contributed by atoms with Crippen LogP contribution in [-0.4, -0.2) is 49.4 Å². The van der Waals surface area contributed by atoms with Gasteiger partial charge in [0.15, 0.2) is 5.13 Å². The van der Waals surface area contributed by atoms with E-state index < -0.39 is 12.1 Å². The predicted octanol–water partition coefficient (Wildman–Crippen LogP) is 4.55. The van der Waals surface area contributed by atoms with Crippen LogP contribution in [-0.2, 0) is 17.8 Å². The maximum atomic E-state index is 13.6. The third kappa shape index (κ3) is 5.20. The van der Waals surface area contributed by atoms with Gasteiger partial charge in [0, 0.05) is 19.4 Å². The van der Waals surface area contributed by atoms with E-state index in [2.05, 4.69) is 10.3 Å². The maximum absolute atomic E-state index is 13.6. The molecule has 3 amide bonds. The maximum Gasteiger partial charge on any atom is 0.410 e. The Morgan fingerprint density at radius 1 is 1.29 bits per heavy atom. The number of aromatic nitrogens is 1. The van der Waals surface area contributed by atoms with Crippen molar-refractivity contribution in [2.45, 2.75) is 13.1 Å². The fourth-order valence-electron chi connectivity index (χ4n) is 3.41. The summed E-state index contributed by atoms with van der Waals surface area (Å²) in [5.41, 5.74) is 1.68. The summed E-state index contributed by atoms with van der Waals surface area (Å²) in [4.78, 5) is 32.6. The van der Waals surface area contributed by atoms with Crippen molar-refractivity contribution >= 4 is 34.3 Å². The Morgan fingerprint density at radius 3 is 2.85 bits per heavy atom. The molecular formula is C23H25FN4O5S. The molecular weight excluding hydrogens is 463 g/mol. The molecule has 0 unspecified atom stereocenters. The molecule has 1 saturated heterocycles. The van der Waals surface area contributed by atoms with Gasteiger partial charge in [-0.3, -0.25) is 4.90 Å². The van der Waals surface area contributed by atoms with Gasteiger partial charge in [0.2, 0.25) is 0 Å². The van der Waals surface area contributed by atoms with Gasteiger partial charge in [0.05, 0.1) is 38.7 Å². The molecule has 34 heavy (non-hydrogen) atoms. The minimum absolute atomic E-state index is 0. The number of halogens is 1. The van der Waals surface area contributed by atoms with Gasteiger partial charge >= 0.3 is 12.1 Å². The van der Waals surface area contributed by atoms with Gasteiger partial charge in [0.1, 0.15) is 23.9 Å². The second-order valence-corrected chi connectivity index (χ2v) is 8.16.